The summed E-state index contributed by atoms with van der Waals surface area (Å²) in [6.45, 7) is -0.278. The Morgan fingerprint density at radius 1 is 0.855 bits per heavy atom. The summed E-state index contributed by atoms with van der Waals surface area (Å²) < 4.78 is 39.0. The number of anilines is 4. The number of hydrogen-bond acceptors (Lipinski definition) is 19. The van der Waals surface area contributed by atoms with Gasteiger partial charge >= 0.3 is 59.1 Å². The van der Waals surface area contributed by atoms with Gasteiger partial charge in [-0.1, -0.05) is 13.5 Å². The third kappa shape index (κ3) is 14.0. The maximum Gasteiger partial charge on any atom is 1.00 e. The minimum atomic E-state index is -3.75. The monoisotopic (exact) mass is 853 g/mol. The number of benzene rings is 4. The molecular formula is C31H32ClN8Na2O10S3+. The standard InChI is InChI=1S/C30H29ClN8O10S3.CH4.2Na/c1-39(2,3)22-10-6-19(7-11-22)32-29-34-28(31)35-30(36-29)33-21-5-4-18-16-25(50-48-46-41)26(27(40)24(18)17-21)38-37-20-8-12-23(13-9-20)52(43,44)15-14-45-51-49-47-42;;;/h4-13,16-17H,14-15H2,1-3H3,(H4-,32,33,34,35,36,40,41,42);1H4;;/q;;2*+1/p-1. The summed E-state index contributed by atoms with van der Waals surface area (Å²) in [5, 5.41) is 53.6. The van der Waals surface area contributed by atoms with Gasteiger partial charge in [-0.15, -0.1) is 9.45 Å². The number of aromatic nitrogens is 3. The molecule has 0 amide bonds. The predicted octanol–water partition coefficient (Wildman–Crippen LogP) is -0.0652. The molecule has 282 valence electrons. The van der Waals surface area contributed by atoms with Crippen molar-refractivity contribution in [3.8, 4) is 5.75 Å². The first-order valence-electron chi connectivity index (χ1n) is 14.7. The average molecular weight is 854 g/mol. The first-order chi connectivity index (χ1) is 24.9. The summed E-state index contributed by atoms with van der Waals surface area (Å²) >= 11 is 6.92. The third-order valence-corrected chi connectivity index (χ3v) is 9.82. The van der Waals surface area contributed by atoms with E-state index in [4.69, 9.17) is 15.8 Å². The van der Waals surface area contributed by atoms with Gasteiger partial charge in [0.25, 0.3) is 0 Å². The third-order valence-electron chi connectivity index (χ3n) is 6.97. The molecule has 0 aliphatic heterocycles. The van der Waals surface area contributed by atoms with Crippen LogP contribution < -0.4 is 84.7 Å². The van der Waals surface area contributed by atoms with E-state index in [0.717, 1.165) is 11.4 Å². The van der Waals surface area contributed by atoms with Crippen molar-refractivity contribution in [2.45, 2.75) is 17.2 Å². The maximum absolute atomic E-state index is 12.6. The van der Waals surface area contributed by atoms with Crippen LogP contribution in [0.5, 0.6) is 5.75 Å². The van der Waals surface area contributed by atoms with Crippen LogP contribution in [0.1, 0.15) is 7.43 Å². The topological polar surface area (TPSA) is 234 Å². The molecule has 1 aromatic heterocycles. The van der Waals surface area contributed by atoms with E-state index in [9.17, 15) is 24.0 Å². The van der Waals surface area contributed by atoms with Crippen LogP contribution in [0.4, 0.5) is 40.3 Å². The van der Waals surface area contributed by atoms with Gasteiger partial charge in [-0.05, 0) is 71.6 Å². The van der Waals surface area contributed by atoms with Gasteiger partial charge in [0.1, 0.15) is 11.4 Å². The van der Waals surface area contributed by atoms with Crippen LogP contribution in [0.2, 0.25) is 5.28 Å². The second-order valence-corrected chi connectivity index (χ2v) is 15.0. The average Bonchev–Trinajstić information content (AvgIpc) is 3.10. The van der Waals surface area contributed by atoms with E-state index in [2.05, 4.69) is 75.7 Å². The van der Waals surface area contributed by atoms with Crippen molar-refractivity contribution in [1.82, 2.24) is 19.4 Å². The van der Waals surface area contributed by atoms with Crippen molar-refractivity contribution in [2.24, 2.45) is 10.2 Å². The molecule has 1 heterocycles. The molecule has 0 aliphatic rings. The Balaban J connectivity index is 0.00000348. The van der Waals surface area contributed by atoms with Crippen molar-refractivity contribution in [1.29, 1.82) is 0 Å². The number of fused-ring (bicyclic) bond motifs is 1. The number of sulfone groups is 1. The van der Waals surface area contributed by atoms with Gasteiger partial charge in [0.2, 0.25) is 17.2 Å². The zero-order valence-electron chi connectivity index (χ0n) is 29.2. The number of aromatic hydroxyl groups is 1. The number of phenolic OH excluding ortho intramolecular Hbond substituents is 1. The number of rotatable bonds is 17. The van der Waals surface area contributed by atoms with Gasteiger partial charge in [-0.25, -0.2) is 8.42 Å². The van der Waals surface area contributed by atoms with Crippen LogP contribution in [-0.4, -0.2) is 62.0 Å². The number of azo groups is 1. The molecule has 0 saturated carbocycles. The van der Waals surface area contributed by atoms with Crippen molar-refractivity contribution >= 4 is 96.9 Å². The van der Waals surface area contributed by atoms with Crippen LogP contribution in [0, 0.1) is 0 Å². The number of quaternary nitrogens is 1. The zero-order valence-corrected chi connectivity index (χ0v) is 36.5. The summed E-state index contributed by atoms with van der Waals surface area (Å²) in [4.78, 5) is 12.9. The van der Waals surface area contributed by atoms with Gasteiger partial charge in [-0.2, -0.15) is 24.4 Å². The predicted molar refractivity (Wildman–Crippen MR) is 196 cm³/mol. The summed E-state index contributed by atoms with van der Waals surface area (Å²) in [5.74, 6) is -0.404. The SMILES string of the molecule is C.C[N+](C)(C)c1ccc(Nc2nc(Cl)nc(Nc3ccc4cc(SOO[O-])c(N=Nc5ccc(S(=O)(=O)CCOSOO[O-])cc5)c(O)c4c3)n2)cc1.[Na+].[Na+]. The van der Waals surface area contributed by atoms with Gasteiger partial charge in [0, 0.05) is 28.9 Å². The Bertz CT molecular complexity index is 2160. The molecule has 55 heavy (non-hydrogen) atoms. The molecule has 0 bridgehead atoms. The molecule has 5 aromatic rings. The number of nitrogens with zero attached hydrogens (tertiary/aromatic N) is 6. The summed E-state index contributed by atoms with van der Waals surface area (Å²) in [5.41, 5.74) is 2.47. The number of halogens is 1. The van der Waals surface area contributed by atoms with E-state index < -0.39 is 15.6 Å². The van der Waals surface area contributed by atoms with E-state index in [1.807, 2.05) is 24.3 Å². The normalized spacial score (nSPS) is 11.5. The molecule has 0 unspecified atom stereocenters. The fraction of sp³-hybridized carbons (Fsp3) is 0.194. The minimum absolute atomic E-state index is 0. The van der Waals surface area contributed by atoms with E-state index in [1.165, 1.54) is 24.3 Å². The molecule has 0 fully saturated rings. The molecule has 18 nitrogen and oxygen atoms in total. The fourth-order valence-electron chi connectivity index (χ4n) is 4.50. The Morgan fingerprint density at radius 3 is 2.09 bits per heavy atom. The quantitative estimate of drug-likeness (QED) is 0.0211. The van der Waals surface area contributed by atoms with Gasteiger partial charge in [0.05, 0.1) is 61.0 Å². The van der Waals surface area contributed by atoms with E-state index in [-0.39, 0.29) is 130 Å². The molecule has 0 atom stereocenters. The first kappa shape index (κ1) is 48.9. The summed E-state index contributed by atoms with van der Waals surface area (Å²) in [7, 11) is 2.44. The smallest absolute Gasteiger partial charge is 0.691 e. The van der Waals surface area contributed by atoms with Crippen LogP contribution in [0.3, 0.4) is 0 Å². The fourth-order valence-corrected chi connectivity index (χ4v) is 6.56. The Morgan fingerprint density at radius 2 is 1.47 bits per heavy atom. The molecule has 4 aromatic carbocycles. The number of nitrogens with one attached hydrogen (secondary N) is 2. The zero-order chi connectivity index (χ0) is 37.3. The van der Waals surface area contributed by atoms with E-state index in [1.54, 1.807) is 24.3 Å². The molecular weight excluding hydrogens is 822 g/mol. The van der Waals surface area contributed by atoms with Crippen molar-refractivity contribution < 1.29 is 106 Å². The van der Waals surface area contributed by atoms with Crippen molar-refractivity contribution in [2.75, 3.05) is 44.1 Å². The van der Waals surface area contributed by atoms with Crippen molar-refractivity contribution in [3.05, 3.63) is 78.1 Å². The molecule has 0 aliphatic carbocycles. The second-order valence-electron chi connectivity index (χ2n) is 11.3. The molecule has 0 radical (unpaired) electrons. The van der Waals surface area contributed by atoms with Gasteiger partial charge in [0.15, 0.2) is 27.9 Å². The molecule has 5 rings (SSSR count). The molecule has 0 spiro atoms. The Labute approximate surface area is 374 Å². The van der Waals surface area contributed by atoms with Crippen LogP contribution in [0.25, 0.3) is 10.8 Å². The second kappa shape index (κ2) is 22.6. The summed E-state index contributed by atoms with van der Waals surface area (Å²) in [6.07, 6.45) is 0. The molecule has 0 saturated heterocycles. The first-order valence-corrected chi connectivity index (χ1v) is 18.1. The van der Waals surface area contributed by atoms with Crippen LogP contribution in [-0.2, 0) is 32.8 Å². The Kier molecular flexibility index (Phi) is 20.1. The molecule has 3 N–H and O–H groups in total. The van der Waals surface area contributed by atoms with Crippen molar-refractivity contribution in [3.63, 3.8) is 0 Å². The van der Waals surface area contributed by atoms with E-state index in [0.29, 0.717) is 33.0 Å². The number of hydrogen-bond donors (Lipinski definition) is 3. The van der Waals surface area contributed by atoms with Crippen LogP contribution >= 0.6 is 36.0 Å². The van der Waals surface area contributed by atoms with Gasteiger partial charge < -0.3 is 26.3 Å². The molecule has 24 heteroatoms. The van der Waals surface area contributed by atoms with Gasteiger partial charge in [-0.3, -0.25) is 18.7 Å². The largest absolute Gasteiger partial charge is 1.00 e. The summed E-state index contributed by atoms with van der Waals surface area (Å²) in [6, 6.07) is 19.8. The van der Waals surface area contributed by atoms with Crippen LogP contribution in [0.15, 0.2) is 92.8 Å². The van der Waals surface area contributed by atoms with E-state index >= 15 is 0 Å². The minimum Gasteiger partial charge on any atom is -0.691 e. The maximum atomic E-state index is 12.6. The Hall–Kier alpha value is -2.23. The number of phenols is 1.